The normalized spacial score (nSPS) is 10.2. The molecule has 0 aliphatic rings. The zero-order chi connectivity index (χ0) is 8.95. The van der Waals surface area contributed by atoms with Crippen molar-refractivity contribution < 1.29 is 8.23 Å². The molecule has 0 aromatic rings. The molecule has 0 aliphatic heterocycles. The third kappa shape index (κ3) is 31.3. The van der Waals surface area contributed by atoms with Crippen molar-refractivity contribution in [3.05, 3.63) is 0 Å². The van der Waals surface area contributed by atoms with E-state index < -0.39 is 10.0 Å². The Morgan fingerprint density at radius 1 is 1.42 bits per heavy atom. The summed E-state index contributed by atoms with van der Waals surface area (Å²) >= 11 is 0. The predicted octanol–water partition coefficient (Wildman–Crippen LogP) is -1.66. The van der Waals surface area contributed by atoms with E-state index >= 15 is 0 Å². The van der Waals surface area contributed by atoms with Crippen molar-refractivity contribution in [3.8, 4) is 0 Å². The Bertz CT molecular complexity index is 56.0. The summed E-state index contributed by atoms with van der Waals surface area (Å²) in [7, 11) is 0.250. The molecule has 0 atom stereocenters. The fourth-order valence-corrected chi connectivity index (χ4v) is 4.13. The minimum Gasteiger partial charge on any atom is -0.449 e. The topological polar surface area (TPSA) is 79.5 Å². The lowest BCUT2D eigenvalue weighted by Gasteiger charge is -1.98. The van der Waals surface area contributed by atoms with Gasteiger partial charge in [-0.25, -0.2) is 0 Å². The molecule has 0 bridgehead atoms. The van der Waals surface area contributed by atoms with Gasteiger partial charge in [0, 0.05) is 0 Å². The van der Waals surface area contributed by atoms with Gasteiger partial charge < -0.3 is 20.1 Å². The van der Waals surface area contributed by atoms with Crippen LogP contribution in [0.2, 0.25) is 6.04 Å². The summed E-state index contributed by atoms with van der Waals surface area (Å²) in [6.45, 7) is 4.85. The maximum absolute atomic E-state index is 5.31. The van der Waals surface area contributed by atoms with Crippen LogP contribution in [-0.2, 0) is 8.23 Å². The molecule has 4 nitrogen and oxygen atoms in total. The first kappa shape index (κ1) is 18.3. The Kier molecular flexibility index (Phi) is 34.4. The standard InChI is InChI=1S/C3H14O2Si3.C2H7N.H3N/c1-2-3-7-5-8-4-6;1-2-3;/h2-3,7-8H2,1,6H3;2-3H2,1H3;1H3. The summed E-state index contributed by atoms with van der Waals surface area (Å²) in [6.07, 6.45) is 1.28. The van der Waals surface area contributed by atoms with Crippen molar-refractivity contribution in [1.82, 2.24) is 6.15 Å². The molecule has 0 saturated carbocycles. The Hall–Kier alpha value is 0.491. The quantitative estimate of drug-likeness (QED) is 0.436. The van der Waals surface area contributed by atoms with Crippen LogP contribution in [0.1, 0.15) is 20.3 Å². The average molecular weight is 229 g/mol. The van der Waals surface area contributed by atoms with Gasteiger partial charge in [0.25, 0.3) is 10.0 Å². The van der Waals surface area contributed by atoms with Gasteiger partial charge in [0.05, 0.1) is 0 Å². The van der Waals surface area contributed by atoms with Gasteiger partial charge in [-0.05, 0) is 12.6 Å². The molecule has 5 N–H and O–H groups in total. The third-order valence-corrected chi connectivity index (χ3v) is 4.60. The van der Waals surface area contributed by atoms with Crippen LogP contribution in [0.3, 0.4) is 0 Å². The minimum absolute atomic E-state index is 0. The van der Waals surface area contributed by atoms with Crippen LogP contribution in [-0.4, -0.2) is 36.8 Å². The van der Waals surface area contributed by atoms with E-state index in [1.165, 1.54) is 12.5 Å². The van der Waals surface area contributed by atoms with Crippen LogP contribution in [0.5, 0.6) is 0 Å². The highest BCUT2D eigenvalue weighted by molar-refractivity contribution is 6.41. The molecule has 78 valence electrons. The fourth-order valence-electron chi connectivity index (χ4n) is 0.389. The molecule has 0 aromatic carbocycles. The highest BCUT2D eigenvalue weighted by Crippen LogP contribution is 1.84. The van der Waals surface area contributed by atoms with Crippen LogP contribution in [0.25, 0.3) is 0 Å². The number of rotatable bonds is 5. The summed E-state index contributed by atoms with van der Waals surface area (Å²) in [5.74, 6) is 0. The van der Waals surface area contributed by atoms with Gasteiger partial charge in [-0.3, -0.25) is 0 Å². The molecule has 7 heteroatoms. The molecule has 0 heterocycles. The first-order valence-electron chi connectivity index (χ1n) is 4.10. The van der Waals surface area contributed by atoms with Crippen molar-refractivity contribution >= 4 is 30.3 Å². The number of nitrogens with two attached hydrogens (primary N) is 1. The first-order chi connectivity index (χ1) is 5.33. The molecular weight excluding hydrogens is 204 g/mol. The SMILES string of the molecule is CCC[SiH2]O[SiH2]O[SiH3].CCN.N. The van der Waals surface area contributed by atoms with Gasteiger partial charge in [0.2, 0.25) is 0 Å². The highest BCUT2D eigenvalue weighted by atomic mass is 28.3. The largest absolute Gasteiger partial charge is 0.449 e. The zero-order valence-electron chi connectivity index (χ0n) is 8.64. The van der Waals surface area contributed by atoms with Crippen LogP contribution in [0.15, 0.2) is 0 Å². The molecule has 0 saturated heterocycles. The van der Waals surface area contributed by atoms with Crippen LogP contribution < -0.4 is 11.9 Å². The van der Waals surface area contributed by atoms with Crippen molar-refractivity contribution in [3.63, 3.8) is 0 Å². The monoisotopic (exact) mass is 228 g/mol. The molecule has 0 aliphatic carbocycles. The van der Waals surface area contributed by atoms with Crippen molar-refractivity contribution in [2.45, 2.75) is 26.3 Å². The summed E-state index contributed by atoms with van der Waals surface area (Å²) in [5.41, 5.74) is 4.85. The molecule has 0 fully saturated rings. The minimum atomic E-state index is -0.475. The zero-order valence-corrected chi connectivity index (χ0v) is 13.5. The van der Waals surface area contributed by atoms with E-state index in [-0.39, 0.29) is 15.9 Å². The smallest absolute Gasteiger partial charge is 0.282 e. The van der Waals surface area contributed by atoms with E-state index in [2.05, 4.69) is 6.92 Å². The molecule has 12 heavy (non-hydrogen) atoms. The summed E-state index contributed by atoms with van der Waals surface area (Å²) in [5, 5.41) is 0. The Balaban J connectivity index is -0.000000177. The Morgan fingerprint density at radius 3 is 2.25 bits per heavy atom. The van der Waals surface area contributed by atoms with Crippen molar-refractivity contribution in [1.29, 1.82) is 0 Å². The number of hydrogen-bond donors (Lipinski definition) is 2. The van der Waals surface area contributed by atoms with Crippen LogP contribution in [0.4, 0.5) is 0 Å². The molecule has 0 rings (SSSR count). The van der Waals surface area contributed by atoms with Gasteiger partial charge in [-0.15, -0.1) is 0 Å². The lowest BCUT2D eigenvalue weighted by molar-refractivity contribution is 0.501. The summed E-state index contributed by atoms with van der Waals surface area (Å²) in [6, 6.07) is 1.32. The molecule has 0 amide bonds. The van der Waals surface area contributed by atoms with Crippen molar-refractivity contribution in [2.75, 3.05) is 6.54 Å². The molecular formula is C5H24N2O2Si3. The maximum atomic E-state index is 5.31. The summed E-state index contributed by atoms with van der Waals surface area (Å²) < 4.78 is 10.3. The first-order valence-corrected chi connectivity index (χ1v) is 7.65. The predicted molar refractivity (Wildman–Crippen MR) is 64.0 cm³/mol. The maximum Gasteiger partial charge on any atom is 0.282 e. The van der Waals surface area contributed by atoms with Crippen LogP contribution in [0, 0.1) is 0 Å². The molecule has 0 aromatic heterocycles. The molecule has 0 spiro atoms. The Morgan fingerprint density at radius 2 is 1.92 bits per heavy atom. The van der Waals surface area contributed by atoms with Crippen molar-refractivity contribution in [2.24, 2.45) is 5.73 Å². The van der Waals surface area contributed by atoms with Gasteiger partial charge >= 0.3 is 0 Å². The second-order valence-corrected chi connectivity index (χ2v) is 7.37. The summed E-state index contributed by atoms with van der Waals surface area (Å²) in [4.78, 5) is 0. The van der Waals surface area contributed by atoms with Gasteiger partial charge in [0.1, 0.15) is 20.2 Å². The van der Waals surface area contributed by atoms with Gasteiger partial charge in [0.15, 0.2) is 0 Å². The van der Waals surface area contributed by atoms with Crippen LogP contribution >= 0.6 is 0 Å². The molecule has 0 unspecified atom stereocenters. The van der Waals surface area contributed by atoms with E-state index in [1.807, 2.05) is 6.92 Å². The lowest BCUT2D eigenvalue weighted by atomic mass is 10.6. The van der Waals surface area contributed by atoms with Gasteiger partial charge in [-0.2, -0.15) is 0 Å². The van der Waals surface area contributed by atoms with E-state index in [9.17, 15) is 0 Å². The van der Waals surface area contributed by atoms with E-state index in [0.29, 0.717) is 0 Å². The highest BCUT2D eigenvalue weighted by Gasteiger charge is 1.84. The van der Waals surface area contributed by atoms with Gasteiger partial charge in [-0.1, -0.05) is 20.3 Å². The second kappa shape index (κ2) is 22.5. The van der Waals surface area contributed by atoms with E-state index in [0.717, 1.165) is 17.0 Å². The average Bonchev–Trinajstić information content (AvgIpc) is 2.00. The number of hydrogen-bond acceptors (Lipinski definition) is 4. The molecule has 0 radical (unpaired) electrons. The second-order valence-electron chi connectivity index (χ2n) is 2.08. The lowest BCUT2D eigenvalue weighted by Crippen LogP contribution is -2.05. The Labute approximate surface area is 83.7 Å². The fraction of sp³-hybridized carbons (Fsp3) is 1.00. The third-order valence-electron chi connectivity index (χ3n) is 0.843. The van der Waals surface area contributed by atoms with E-state index in [4.69, 9.17) is 14.0 Å². The van der Waals surface area contributed by atoms with E-state index in [1.54, 1.807) is 0 Å².